The lowest BCUT2D eigenvalue weighted by molar-refractivity contribution is -0.115. The van der Waals surface area contributed by atoms with Crippen molar-refractivity contribution >= 4 is 39.8 Å². The fraction of sp³-hybridized carbons (Fsp3) is 0.471. The van der Waals surface area contributed by atoms with Gasteiger partial charge in [0.05, 0.1) is 11.4 Å². The summed E-state index contributed by atoms with van der Waals surface area (Å²) in [4.78, 5) is 12.4. The summed E-state index contributed by atoms with van der Waals surface area (Å²) in [6.45, 7) is 3.62. The third-order valence-corrected chi connectivity index (χ3v) is 6.26. The Labute approximate surface area is 165 Å². The largest absolute Gasteiger partial charge is 0.454 e. The average Bonchev–Trinajstić information content (AvgIpc) is 3.41. The van der Waals surface area contributed by atoms with E-state index in [4.69, 9.17) is 14.2 Å². The molecule has 10 heteroatoms. The highest BCUT2D eigenvalue weighted by Crippen LogP contribution is 2.35. The zero-order chi connectivity index (χ0) is 18.6. The molecule has 0 saturated carbocycles. The molecule has 27 heavy (non-hydrogen) atoms. The highest BCUT2D eigenvalue weighted by Gasteiger charge is 2.20. The van der Waals surface area contributed by atoms with Crippen LogP contribution in [0.25, 0.3) is 0 Å². The van der Waals surface area contributed by atoms with Crippen molar-refractivity contribution in [1.82, 2.24) is 10.2 Å². The third kappa shape index (κ3) is 4.63. The SMILES string of the molecule is C[C@H](Sc1nnc(NC[C@@H]2CCCO2)s1)C(=O)Nc1ccc2c(c1)OCO2. The molecule has 0 radical (unpaired) electrons. The quantitative estimate of drug-likeness (QED) is 0.675. The topological polar surface area (TPSA) is 94.6 Å². The second-order valence-electron chi connectivity index (χ2n) is 6.21. The zero-order valence-corrected chi connectivity index (χ0v) is 16.4. The Morgan fingerprint density at radius 2 is 2.26 bits per heavy atom. The van der Waals surface area contributed by atoms with Crippen LogP contribution < -0.4 is 20.1 Å². The number of nitrogens with zero attached hydrogens (tertiary/aromatic N) is 2. The first-order chi connectivity index (χ1) is 13.2. The molecule has 1 aromatic carbocycles. The second kappa shape index (κ2) is 8.32. The Morgan fingerprint density at radius 3 is 3.11 bits per heavy atom. The summed E-state index contributed by atoms with van der Waals surface area (Å²) < 4.78 is 16.9. The lowest BCUT2D eigenvalue weighted by Crippen LogP contribution is -2.22. The number of hydrogen-bond acceptors (Lipinski definition) is 9. The standard InChI is InChI=1S/C17H20N4O4S2/c1-10(15(22)19-11-4-5-13-14(7-11)25-9-24-13)26-17-21-20-16(27-17)18-8-12-3-2-6-23-12/h4-5,7,10,12H,2-3,6,8-9H2,1H3,(H,18,20)(H,19,22)/t10-,12-/m0/s1. The van der Waals surface area contributed by atoms with Crippen LogP contribution >= 0.6 is 23.1 Å². The first-order valence-electron chi connectivity index (χ1n) is 8.73. The van der Waals surface area contributed by atoms with Crippen LogP contribution in [0.2, 0.25) is 0 Å². The molecule has 1 amide bonds. The van der Waals surface area contributed by atoms with Crippen LogP contribution in [0.1, 0.15) is 19.8 Å². The van der Waals surface area contributed by atoms with E-state index in [9.17, 15) is 4.79 Å². The molecule has 4 rings (SSSR count). The highest BCUT2D eigenvalue weighted by atomic mass is 32.2. The summed E-state index contributed by atoms with van der Waals surface area (Å²) >= 11 is 2.82. The Hall–Kier alpha value is -2.04. The van der Waals surface area contributed by atoms with E-state index >= 15 is 0 Å². The molecule has 1 saturated heterocycles. The van der Waals surface area contributed by atoms with Gasteiger partial charge in [-0.2, -0.15) is 0 Å². The molecule has 0 aliphatic carbocycles. The molecule has 8 nitrogen and oxygen atoms in total. The van der Waals surface area contributed by atoms with Gasteiger partial charge >= 0.3 is 0 Å². The smallest absolute Gasteiger partial charge is 0.237 e. The van der Waals surface area contributed by atoms with Crippen molar-refractivity contribution in [3.63, 3.8) is 0 Å². The average molecular weight is 409 g/mol. The van der Waals surface area contributed by atoms with Crippen LogP contribution in [0, 0.1) is 0 Å². The van der Waals surface area contributed by atoms with Crippen molar-refractivity contribution in [2.45, 2.75) is 35.5 Å². The van der Waals surface area contributed by atoms with Crippen LogP contribution in [0.15, 0.2) is 22.5 Å². The maximum Gasteiger partial charge on any atom is 0.237 e. The summed E-state index contributed by atoms with van der Waals surface area (Å²) in [7, 11) is 0. The summed E-state index contributed by atoms with van der Waals surface area (Å²) in [5.74, 6) is 1.22. The third-order valence-electron chi connectivity index (χ3n) is 4.20. The number of aromatic nitrogens is 2. The molecule has 2 aliphatic rings. The van der Waals surface area contributed by atoms with Gasteiger partial charge in [0.2, 0.25) is 17.8 Å². The molecule has 2 N–H and O–H groups in total. The van der Waals surface area contributed by atoms with Crippen molar-refractivity contribution in [1.29, 1.82) is 0 Å². The summed E-state index contributed by atoms with van der Waals surface area (Å²) in [6, 6.07) is 5.34. The molecular formula is C17H20N4O4S2. The number of anilines is 2. The number of rotatable bonds is 7. The maximum atomic E-state index is 12.4. The van der Waals surface area contributed by atoms with Crippen LogP contribution in [0.5, 0.6) is 11.5 Å². The number of hydrogen-bond donors (Lipinski definition) is 2. The first-order valence-corrected chi connectivity index (χ1v) is 10.4. The highest BCUT2D eigenvalue weighted by molar-refractivity contribution is 8.02. The Bertz CT molecular complexity index is 810. The zero-order valence-electron chi connectivity index (χ0n) is 14.8. The van der Waals surface area contributed by atoms with Gasteiger partial charge in [0, 0.05) is 24.9 Å². The van der Waals surface area contributed by atoms with Crippen molar-refractivity contribution in [3.05, 3.63) is 18.2 Å². The van der Waals surface area contributed by atoms with E-state index in [0.29, 0.717) is 17.2 Å². The van der Waals surface area contributed by atoms with Crippen molar-refractivity contribution in [2.75, 3.05) is 30.6 Å². The minimum absolute atomic E-state index is 0.108. The Balaban J connectivity index is 1.28. The minimum Gasteiger partial charge on any atom is -0.454 e. The van der Waals surface area contributed by atoms with Gasteiger partial charge in [-0.05, 0) is 31.9 Å². The van der Waals surface area contributed by atoms with Gasteiger partial charge in [-0.25, -0.2) is 0 Å². The molecule has 0 unspecified atom stereocenters. The van der Waals surface area contributed by atoms with Gasteiger partial charge in [-0.1, -0.05) is 23.1 Å². The fourth-order valence-corrected chi connectivity index (χ4v) is 4.66. The van der Waals surface area contributed by atoms with Crippen molar-refractivity contribution < 1.29 is 19.0 Å². The van der Waals surface area contributed by atoms with E-state index in [-0.39, 0.29) is 24.1 Å². The van der Waals surface area contributed by atoms with Gasteiger partial charge in [0.25, 0.3) is 0 Å². The Morgan fingerprint density at radius 1 is 1.37 bits per heavy atom. The predicted octanol–water partition coefficient (Wildman–Crippen LogP) is 2.98. The van der Waals surface area contributed by atoms with Gasteiger partial charge in [0.1, 0.15) is 0 Å². The van der Waals surface area contributed by atoms with Crippen LogP contribution in [0.3, 0.4) is 0 Å². The lowest BCUT2D eigenvalue weighted by Gasteiger charge is -2.10. The van der Waals surface area contributed by atoms with E-state index in [0.717, 1.165) is 35.5 Å². The summed E-state index contributed by atoms with van der Waals surface area (Å²) in [6.07, 6.45) is 2.43. The maximum absolute atomic E-state index is 12.4. The summed E-state index contributed by atoms with van der Waals surface area (Å²) in [5, 5.41) is 14.9. The van der Waals surface area contributed by atoms with E-state index in [1.165, 1.54) is 23.1 Å². The van der Waals surface area contributed by atoms with E-state index in [1.807, 2.05) is 6.92 Å². The number of amides is 1. The predicted molar refractivity (Wildman–Crippen MR) is 104 cm³/mol. The van der Waals surface area contributed by atoms with Gasteiger partial charge in [0.15, 0.2) is 15.8 Å². The number of thioether (sulfide) groups is 1. The first kappa shape index (κ1) is 18.3. The Kier molecular flexibility index (Phi) is 5.65. The van der Waals surface area contributed by atoms with E-state index < -0.39 is 0 Å². The van der Waals surface area contributed by atoms with Crippen LogP contribution in [-0.2, 0) is 9.53 Å². The molecular weight excluding hydrogens is 388 g/mol. The molecule has 144 valence electrons. The van der Waals surface area contributed by atoms with Gasteiger partial charge < -0.3 is 24.8 Å². The molecule has 0 bridgehead atoms. The molecule has 1 fully saturated rings. The monoisotopic (exact) mass is 408 g/mol. The van der Waals surface area contributed by atoms with E-state index in [2.05, 4.69) is 20.8 Å². The normalized spacial score (nSPS) is 19.1. The van der Waals surface area contributed by atoms with Crippen molar-refractivity contribution in [3.8, 4) is 11.5 Å². The lowest BCUT2D eigenvalue weighted by atomic mass is 10.2. The number of carbonyl (C=O) groups excluding carboxylic acids is 1. The molecule has 3 heterocycles. The molecule has 1 aromatic heterocycles. The van der Waals surface area contributed by atoms with Crippen LogP contribution in [-0.4, -0.2) is 47.4 Å². The molecule has 0 spiro atoms. The minimum atomic E-state index is -0.311. The van der Waals surface area contributed by atoms with Crippen LogP contribution in [0.4, 0.5) is 10.8 Å². The van der Waals surface area contributed by atoms with Gasteiger partial charge in [-0.15, -0.1) is 10.2 Å². The number of ether oxygens (including phenoxy) is 3. The molecule has 2 aromatic rings. The number of fused-ring (bicyclic) bond motifs is 1. The molecule has 2 atom stereocenters. The fourth-order valence-electron chi connectivity index (χ4n) is 2.76. The molecule has 2 aliphatic heterocycles. The van der Waals surface area contributed by atoms with E-state index in [1.54, 1.807) is 18.2 Å². The summed E-state index contributed by atoms with van der Waals surface area (Å²) in [5.41, 5.74) is 0.674. The number of nitrogens with one attached hydrogen (secondary N) is 2. The number of carbonyl (C=O) groups is 1. The second-order valence-corrected chi connectivity index (χ2v) is 8.77. The van der Waals surface area contributed by atoms with Crippen molar-refractivity contribution in [2.24, 2.45) is 0 Å². The number of benzene rings is 1. The van der Waals surface area contributed by atoms with Gasteiger partial charge in [-0.3, -0.25) is 4.79 Å².